The fraction of sp³-hybridized carbons (Fsp3) is 0.500. The Morgan fingerprint density at radius 2 is 2.17 bits per heavy atom. The lowest BCUT2D eigenvalue weighted by atomic mass is 9.92. The van der Waals surface area contributed by atoms with E-state index in [2.05, 4.69) is 0 Å². The second-order valence-electron chi connectivity index (χ2n) is 4.23. The van der Waals surface area contributed by atoms with Crippen LogP contribution in [0, 0.1) is 0 Å². The monoisotopic (exact) mass is 270 g/mol. The molecular weight excluding hydrogens is 252 g/mol. The van der Waals surface area contributed by atoms with Gasteiger partial charge in [-0.05, 0) is 42.5 Å². The number of benzene rings is 1. The quantitative estimate of drug-likeness (QED) is 0.811. The number of carbonyl (C=O) groups is 1. The van der Waals surface area contributed by atoms with Gasteiger partial charge in [0.2, 0.25) is 0 Å². The fourth-order valence-electron chi connectivity index (χ4n) is 1.87. The van der Waals surface area contributed by atoms with Crippen LogP contribution in [0.2, 0.25) is 5.02 Å². The van der Waals surface area contributed by atoms with Gasteiger partial charge in [-0.15, -0.1) is 0 Å². The average Bonchev–Trinajstić information content (AvgIpc) is 2.34. The maximum Gasteiger partial charge on any atom is 0.303 e. The van der Waals surface area contributed by atoms with E-state index in [1.165, 1.54) is 0 Å². The fourth-order valence-corrected chi connectivity index (χ4v) is 2.05. The molecule has 0 spiro atoms. The molecule has 1 N–H and O–H groups in total. The highest BCUT2D eigenvalue weighted by Crippen LogP contribution is 2.33. The van der Waals surface area contributed by atoms with E-state index in [1.807, 2.05) is 26.0 Å². The summed E-state index contributed by atoms with van der Waals surface area (Å²) in [6, 6.07) is 5.39. The van der Waals surface area contributed by atoms with Crippen molar-refractivity contribution >= 4 is 17.6 Å². The van der Waals surface area contributed by atoms with Crippen LogP contribution in [0.25, 0.3) is 0 Å². The Morgan fingerprint density at radius 1 is 1.44 bits per heavy atom. The zero-order chi connectivity index (χ0) is 13.5. The molecule has 0 aromatic heterocycles. The van der Waals surface area contributed by atoms with Crippen molar-refractivity contribution in [3.63, 3.8) is 0 Å². The zero-order valence-corrected chi connectivity index (χ0v) is 11.5. The Labute approximate surface area is 113 Å². The van der Waals surface area contributed by atoms with Crippen LogP contribution in [0.5, 0.6) is 5.75 Å². The summed E-state index contributed by atoms with van der Waals surface area (Å²) in [5.74, 6) is -0.120. The van der Waals surface area contributed by atoms with E-state index in [0.717, 1.165) is 24.2 Å². The van der Waals surface area contributed by atoms with Gasteiger partial charge in [-0.1, -0.05) is 25.4 Å². The second kappa shape index (κ2) is 7.27. The van der Waals surface area contributed by atoms with E-state index in [4.69, 9.17) is 21.4 Å². The van der Waals surface area contributed by atoms with Gasteiger partial charge in [0, 0.05) is 5.02 Å². The number of hydrogen-bond acceptors (Lipinski definition) is 2. The Kier molecular flexibility index (Phi) is 5.99. The third-order valence-corrected chi connectivity index (χ3v) is 3.02. The summed E-state index contributed by atoms with van der Waals surface area (Å²) in [6.07, 6.45) is 1.76. The molecule has 1 aromatic rings. The van der Waals surface area contributed by atoms with E-state index in [1.54, 1.807) is 6.07 Å². The van der Waals surface area contributed by atoms with E-state index in [9.17, 15) is 4.79 Å². The largest absolute Gasteiger partial charge is 0.493 e. The zero-order valence-electron chi connectivity index (χ0n) is 10.8. The smallest absolute Gasteiger partial charge is 0.303 e. The standard InChI is InChI=1S/C14H19ClO3/c1-3-7-18-13-6-5-11(15)9-12(13)10(4-2)8-14(16)17/h5-6,9-10H,3-4,7-8H2,1-2H3,(H,16,17). The first-order chi connectivity index (χ1) is 8.58. The van der Waals surface area contributed by atoms with Gasteiger partial charge >= 0.3 is 5.97 Å². The Hall–Kier alpha value is -1.22. The maximum atomic E-state index is 10.9. The molecule has 1 unspecified atom stereocenters. The molecule has 0 aliphatic heterocycles. The predicted molar refractivity (Wildman–Crippen MR) is 72.5 cm³/mol. The molecular formula is C14H19ClO3. The number of aliphatic carboxylic acids is 1. The van der Waals surface area contributed by atoms with Gasteiger partial charge in [0.05, 0.1) is 13.0 Å². The molecule has 0 aliphatic carbocycles. The molecule has 0 aliphatic rings. The van der Waals surface area contributed by atoms with Crippen LogP contribution in [0.3, 0.4) is 0 Å². The maximum absolute atomic E-state index is 10.9. The average molecular weight is 271 g/mol. The molecule has 1 atom stereocenters. The molecule has 1 rings (SSSR count). The second-order valence-corrected chi connectivity index (χ2v) is 4.67. The molecule has 0 saturated heterocycles. The Morgan fingerprint density at radius 3 is 2.72 bits per heavy atom. The van der Waals surface area contributed by atoms with Gasteiger partial charge < -0.3 is 9.84 Å². The van der Waals surface area contributed by atoms with Crippen LogP contribution in [-0.4, -0.2) is 17.7 Å². The topological polar surface area (TPSA) is 46.5 Å². The highest BCUT2D eigenvalue weighted by Gasteiger charge is 2.18. The van der Waals surface area contributed by atoms with Crippen molar-refractivity contribution in [2.75, 3.05) is 6.61 Å². The van der Waals surface area contributed by atoms with Crippen LogP contribution >= 0.6 is 11.6 Å². The van der Waals surface area contributed by atoms with Crippen molar-refractivity contribution in [2.45, 2.75) is 39.0 Å². The molecule has 0 heterocycles. The summed E-state index contributed by atoms with van der Waals surface area (Å²) < 4.78 is 5.65. The molecule has 3 nitrogen and oxygen atoms in total. The van der Waals surface area contributed by atoms with Crippen LogP contribution in [0.1, 0.15) is 44.6 Å². The normalized spacial score (nSPS) is 12.2. The SMILES string of the molecule is CCCOc1ccc(Cl)cc1C(CC)CC(=O)O. The Balaban J connectivity index is 3.01. The first-order valence-corrected chi connectivity index (χ1v) is 6.60. The number of carboxylic acid groups (broad SMARTS) is 1. The lowest BCUT2D eigenvalue weighted by molar-refractivity contribution is -0.137. The van der Waals surface area contributed by atoms with Crippen LogP contribution in [0.4, 0.5) is 0 Å². The summed E-state index contributed by atoms with van der Waals surface area (Å²) in [5, 5.41) is 9.55. The number of hydrogen-bond donors (Lipinski definition) is 1. The summed E-state index contributed by atoms with van der Waals surface area (Å²) in [7, 11) is 0. The Bertz CT molecular complexity index is 404. The van der Waals surface area contributed by atoms with Crippen molar-refractivity contribution in [2.24, 2.45) is 0 Å². The molecule has 18 heavy (non-hydrogen) atoms. The number of carboxylic acids is 1. The van der Waals surface area contributed by atoms with E-state index >= 15 is 0 Å². The lowest BCUT2D eigenvalue weighted by Crippen LogP contribution is -2.08. The minimum Gasteiger partial charge on any atom is -0.493 e. The van der Waals surface area contributed by atoms with Crippen molar-refractivity contribution < 1.29 is 14.6 Å². The molecule has 100 valence electrons. The van der Waals surface area contributed by atoms with Crippen molar-refractivity contribution in [3.8, 4) is 5.75 Å². The minimum absolute atomic E-state index is 0.0620. The van der Waals surface area contributed by atoms with Crippen molar-refractivity contribution in [1.29, 1.82) is 0 Å². The van der Waals surface area contributed by atoms with Gasteiger partial charge in [0.25, 0.3) is 0 Å². The summed E-state index contributed by atoms with van der Waals surface area (Å²) in [4.78, 5) is 10.9. The third-order valence-electron chi connectivity index (χ3n) is 2.79. The van der Waals surface area contributed by atoms with Gasteiger partial charge in [-0.2, -0.15) is 0 Å². The van der Waals surface area contributed by atoms with E-state index < -0.39 is 5.97 Å². The van der Waals surface area contributed by atoms with Gasteiger partial charge in [0.15, 0.2) is 0 Å². The highest BCUT2D eigenvalue weighted by molar-refractivity contribution is 6.30. The molecule has 0 fully saturated rings. The molecule has 0 bridgehead atoms. The molecule has 0 saturated carbocycles. The number of rotatable bonds is 7. The predicted octanol–water partition coefficient (Wildman–Crippen LogP) is 4.10. The van der Waals surface area contributed by atoms with E-state index in [0.29, 0.717) is 11.6 Å². The van der Waals surface area contributed by atoms with Crippen molar-refractivity contribution in [3.05, 3.63) is 28.8 Å². The molecule has 0 amide bonds. The lowest BCUT2D eigenvalue weighted by Gasteiger charge is -2.18. The third kappa shape index (κ3) is 4.22. The van der Waals surface area contributed by atoms with Crippen LogP contribution < -0.4 is 4.74 Å². The molecule has 1 aromatic carbocycles. The summed E-state index contributed by atoms with van der Waals surface area (Å²) in [6.45, 7) is 4.63. The van der Waals surface area contributed by atoms with Crippen LogP contribution in [0.15, 0.2) is 18.2 Å². The van der Waals surface area contributed by atoms with Crippen molar-refractivity contribution in [1.82, 2.24) is 0 Å². The van der Waals surface area contributed by atoms with Crippen LogP contribution in [-0.2, 0) is 4.79 Å². The minimum atomic E-state index is -0.803. The van der Waals surface area contributed by atoms with Gasteiger partial charge in [0.1, 0.15) is 5.75 Å². The number of ether oxygens (including phenoxy) is 1. The first-order valence-electron chi connectivity index (χ1n) is 6.22. The van der Waals surface area contributed by atoms with Gasteiger partial charge in [-0.25, -0.2) is 0 Å². The molecule has 0 radical (unpaired) electrons. The number of halogens is 1. The summed E-state index contributed by atoms with van der Waals surface area (Å²) in [5.41, 5.74) is 0.890. The van der Waals surface area contributed by atoms with Gasteiger partial charge in [-0.3, -0.25) is 4.79 Å². The summed E-state index contributed by atoms with van der Waals surface area (Å²) >= 11 is 5.99. The first kappa shape index (κ1) is 14.8. The molecule has 4 heteroatoms. The highest BCUT2D eigenvalue weighted by atomic mass is 35.5. The van der Waals surface area contributed by atoms with E-state index in [-0.39, 0.29) is 12.3 Å².